The minimum absolute atomic E-state index is 0.264. The number of benzene rings is 1. The van der Waals surface area contributed by atoms with E-state index in [1.54, 1.807) is 7.11 Å². The summed E-state index contributed by atoms with van der Waals surface area (Å²) < 4.78 is 5.19. The number of methoxy groups -OCH3 is 1. The molecule has 0 amide bonds. The second-order valence-corrected chi connectivity index (χ2v) is 4.99. The molecule has 3 nitrogen and oxygen atoms in total. The van der Waals surface area contributed by atoms with Gasteiger partial charge in [0.05, 0.1) is 6.61 Å². The summed E-state index contributed by atoms with van der Waals surface area (Å²) >= 11 is 0. The van der Waals surface area contributed by atoms with Crippen LogP contribution in [0.2, 0.25) is 0 Å². The van der Waals surface area contributed by atoms with Gasteiger partial charge in [-0.2, -0.15) is 0 Å². The molecule has 0 fully saturated rings. The monoisotopic (exact) mass is 250 g/mol. The molecule has 0 saturated carbocycles. The van der Waals surface area contributed by atoms with E-state index in [9.17, 15) is 0 Å². The zero-order chi connectivity index (χ0) is 13.5. The van der Waals surface area contributed by atoms with Crippen molar-refractivity contribution in [3.8, 4) is 0 Å². The van der Waals surface area contributed by atoms with Crippen LogP contribution in [0.5, 0.6) is 0 Å². The first-order valence-electron chi connectivity index (χ1n) is 6.61. The molecule has 3 heteroatoms. The molecular formula is C15H26N2O. The Morgan fingerprint density at radius 3 is 2.56 bits per heavy atom. The second kappa shape index (κ2) is 7.52. The van der Waals surface area contributed by atoms with Crippen LogP contribution < -0.4 is 5.73 Å². The summed E-state index contributed by atoms with van der Waals surface area (Å²) in [5, 5.41) is 0. The third-order valence-electron chi connectivity index (χ3n) is 3.27. The summed E-state index contributed by atoms with van der Waals surface area (Å²) in [7, 11) is 1.74. The van der Waals surface area contributed by atoms with E-state index in [1.165, 1.54) is 11.1 Å². The summed E-state index contributed by atoms with van der Waals surface area (Å²) in [5.74, 6) is 0. The Bertz CT molecular complexity index is 352. The zero-order valence-electron chi connectivity index (χ0n) is 12.0. The number of hydrogen-bond donors (Lipinski definition) is 1. The molecule has 0 aliphatic carbocycles. The molecule has 0 spiro atoms. The highest BCUT2D eigenvalue weighted by Gasteiger charge is 2.21. The summed E-state index contributed by atoms with van der Waals surface area (Å²) in [6, 6.07) is 9.31. The Hall–Kier alpha value is -0.900. The van der Waals surface area contributed by atoms with Gasteiger partial charge in [0.2, 0.25) is 0 Å². The first-order chi connectivity index (χ1) is 8.60. The minimum atomic E-state index is 0.264. The summed E-state index contributed by atoms with van der Waals surface area (Å²) in [4.78, 5) is 2.40. The van der Waals surface area contributed by atoms with E-state index in [0.717, 1.165) is 13.2 Å². The number of nitrogens with two attached hydrogens (primary N) is 1. The molecule has 0 aromatic heterocycles. The SMILES string of the molecule is COCCN(C(C)C)C(CN)c1cccc(C)c1. The van der Waals surface area contributed by atoms with Gasteiger partial charge in [0.1, 0.15) is 0 Å². The van der Waals surface area contributed by atoms with Crippen LogP contribution in [0.4, 0.5) is 0 Å². The third kappa shape index (κ3) is 4.09. The van der Waals surface area contributed by atoms with Crippen molar-refractivity contribution < 1.29 is 4.74 Å². The Balaban J connectivity index is 2.90. The van der Waals surface area contributed by atoms with Gasteiger partial charge in [0.25, 0.3) is 0 Å². The van der Waals surface area contributed by atoms with E-state index in [-0.39, 0.29) is 6.04 Å². The van der Waals surface area contributed by atoms with Crippen molar-refractivity contribution >= 4 is 0 Å². The van der Waals surface area contributed by atoms with Gasteiger partial charge in [-0.1, -0.05) is 29.8 Å². The minimum Gasteiger partial charge on any atom is -0.383 e. The topological polar surface area (TPSA) is 38.5 Å². The molecule has 18 heavy (non-hydrogen) atoms. The van der Waals surface area contributed by atoms with Gasteiger partial charge in [-0.05, 0) is 26.3 Å². The van der Waals surface area contributed by atoms with Crippen LogP contribution in [-0.4, -0.2) is 37.7 Å². The molecule has 1 atom stereocenters. The lowest BCUT2D eigenvalue weighted by Crippen LogP contribution is -2.40. The van der Waals surface area contributed by atoms with Crippen molar-refractivity contribution in [1.29, 1.82) is 0 Å². The third-order valence-corrected chi connectivity index (χ3v) is 3.27. The first-order valence-corrected chi connectivity index (χ1v) is 6.61. The van der Waals surface area contributed by atoms with Gasteiger partial charge < -0.3 is 10.5 Å². The van der Waals surface area contributed by atoms with E-state index < -0.39 is 0 Å². The van der Waals surface area contributed by atoms with Crippen molar-refractivity contribution in [2.45, 2.75) is 32.9 Å². The molecule has 0 aliphatic heterocycles. The Morgan fingerprint density at radius 1 is 1.33 bits per heavy atom. The highest BCUT2D eigenvalue weighted by molar-refractivity contribution is 5.25. The predicted octanol–water partition coefficient (Wildman–Crippen LogP) is 2.35. The van der Waals surface area contributed by atoms with Gasteiger partial charge in [-0.15, -0.1) is 0 Å². The van der Waals surface area contributed by atoms with Gasteiger partial charge >= 0.3 is 0 Å². The predicted molar refractivity (Wildman–Crippen MR) is 76.7 cm³/mol. The molecule has 1 aromatic carbocycles. The van der Waals surface area contributed by atoms with E-state index in [0.29, 0.717) is 12.6 Å². The van der Waals surface area contributed by atoms with E-state index in [1.807, 2.05) is 0 Å². The van der Waals surface area contributed by atoms with Crippen LogP contribution in [0, 0.1) is 6.92 Å². The molecule has 0 aliphatic rings. The molecule has 0 heterocycles. The Morgan fingerprint density at radius 2 is 2.06 bits per heavy atom. The quantitative estimate of drug-likeness (QED) is 0.807. The van der Waals surface area contributed by atoms with E-state index in [2.05, 4.69) is 49.9 Å². The zero-order valence-corrected chi connectivity index (χ0v) is 12.0. The lowest BCUT2D eigenvalue weighted by molar-refractivity contribution is 0.0979. The van der Waals surface area contributed by atoms with Crippen LogP contribution in [0.15, 0.2) is 24.3 Å². The maximum absolute atomic E-state index is 5.98. The molecule has 0 bridgehead atoms. The van der Waals surface area contributed by atoms with Crippen LogP contribution in [0.25, 0.3) is 0 Å². The van der Waals surface area contributed by atoms with Crippen LogP contribution in [-0.2, 0) is 4.74 Å². The van der Waals surface area contributed by atoms with E-state index >= 15 is 0 Å². The Kier molecular flexibility index (Phi) is 6.33. The molecule has 0 radical (unpaired) electrons. The summed E-state index contributed by atoms with van der Waals surface area (Å²) in [5.41, 5.74) is 8.56. The number of hydrogen-bond acceptors (Lipinski definition) is 3. The van der Waals surface area contributed by atoms with Crippen LogP contribution >= 0.6 is 0 Å². The molecule has 102 valence electrons. The summed E-state index contributed by atoms with van der Waals surface area (Å²) in [6.45, 7) is 8.80. The van der Waals surface area contributed by atoms with E-state index in [4.69, 9.17) is 10.5 Å². The molecule has 1 unspecified atom stereocenters. The van der Waals surface area contributed by atoms with Crippen LogP contribution in [0.1, 0.15) is 31.0 Å². The van der Waals surface area contributed by atoms with Crippen molar-refractivity contribution in [3.05, 3.63) is 35.4 Å². The van der Waals surface area contributed by atoms with Crippen molar-refractivity contribution in [2.75, 3.05) is 26.8 Å². The molecule has 1 rings (SSSR count). The van der Waals surface area contributed by atoms with Crippen molar-refractivity contribution in [1.82, 2.24) is 4.90 Å². The average Bonchev–Trinajstić information content (AvgIpc) is 2.34. The van der Waals surface area contributed by atoms with Crippen LogP contribution in [0.3, 0.4) is 0 Å². The molecular weight excluding hydrogens is 224 g/mol. The van der Waals surface area contributed by atoms with Crippen molar-refractivity contribution in [3.63, 3.8) is 0 Å². The van der Waals surface area contributed by atoms with Crippen molar-refractivity contribution in [2.24, 2.45) is 5.73 Å². The van der Waals surface area contributed by atoms with Gasteiger partial charge in [-0.25, -0.2) is 0 Å². The van der Waals surface area contributed by atoms with Gasteiger partial charge in [0.15, 0.2) is 0 Å². The Labute approximate surface area is 111 Å². The number of aryl methyl sites for hydroxylation is 1. The molecule has 1 aromatic rings. The standard InChI is InChI=1S/C15H26N2O/c1-12(2)17(8-9-18-4)15(11-16)14-7-5-6-13(3)10-14/h5-7,10,12,15H,8-9,11,16H2,1-4H3. The maximum Gasteiger partial charge on any atom is 0.0590 e. The normalized spacial score (nSPS) is 13.3. The molecule has 0 saturated heterocycles. The highest BCUT2D eigenvalue weighted by Crippen LogP contribution is 2.22. The fourth-order valence-electron chi connectivity index (χ4n) is 2.31. The fraction of sp³-hybridized carbons (Fsp3) is 0.600. The average molecular weight is 250 g/mol. The van der Waals surface area contributed by atoms with Gasteiger partial charge in [-0.3, -0.25) is 4.90 Å². The second-order valence-electron chi connectivity index (χ2n) is 4.99. The van der Waals surface area contributed by atoms with Gasteiger partial charge in [0, 0.05) is 32.3 Å². The lowest BCUT2D eigenvalue weighted by atomic mass is 10.0. The number of nitrogens with zero attached hydrogens (tertiary/aromatic N) is 1. The number of rotatable bonds is 7. The first kappa shape index (κ1) is 15.2. The number of ether oxygens (including phenoxy) is 1. The summed E-state index contributed by atoms with van der Waals surface area (Å²) in [6.07, 6.45) is 0. The maximum atomic E-state index is 5.98. The highest BCUT2D eigenvalue weighted by atomic mass is 16.5. The smallest absolute Gasteiger partial charge is 0.0590 e. The fourth-order valence-corrected chi connectivity index (χ4v) is 2.31. The lowest BCUT2D eigenvalue weighted by Gasteiger charge is -2.34. The molecule has 2 N–H and O–H groups in total. The largest absolute Gasteiger partial charge is 0.383 e.